The Morgan fingerprint density at radius 2 is 1.20 bits per heavy atom. The third-order valence-electron chi connectivity index (χ3n) is 8.12. The number of hydrogen-bond acceptors (Lipinski definition) is 11. The standard InChI is InChI=1S/C43H48O11/c1-3-40(44)51-27-11-7-5-9-25-48-35-19-15-32(16-20-35)42(46)53-38-23-24-39(34(31-38)30-37-14-13-29-50-37)54-43(47)33-17-21-36(22-18-33)49-26-10-6-8-12-28-52-41(45)4-2/h3-4,13-24,29,31,42,46H,1-2,5-12,25-28,30H2. The molecule has 0 radical (unpaired) electrons. The van der Waals surface area contributed by atoms with Crippen LogP contribution in [0.2, 0.25) is 0 Å². The molecule has 54 heavy (non-hydrogen) atoms. The van der Waals surface area contributed by atoms with E-state index in [0.29, 0.717) is 78.3 Å². The van der Waals surface area contributed by atoms with E-state index in [1.54, 1.807) is 79.1 Å². The average Bonchev–Trinajstić information content (AvgIpc) is 3.71. The van der Waals surface area contributed by atoms with E-state index in [4.69, 9.17) is 32.8 Å². The molecule has 4 aromatic rings. The van der Waals surface area contributed by atoms with Crippen molar-refractivity contribution in [3.63, 3.8) is 0 Å². The Kier molecular flexibility index (Phi) is 17.4. The zero-order valence-electron chi connectivity index (χ0n) is 30.5. The summed E-state index contributed by atoms with van der Waals surface area (Å²) in [6, 6.07) is 22.3. The third-order valence-corrected chi connectivity index (χ3v) is 8.12. The van der Waals surface area contributed by atoms with E-state index in [-0.39, 0.29) is 0 Å². The minimum absolute atomic E-state index is 0.324. The molecule has 3 aromatic carbocycles. The zero-order chi connectivity index (χ0) is 38.4. The van der Waals surface area contributed by atoms with Gasteiger partial charge in [-0.3, -0.25) is 0 Å². The van der Waals surface area contributed by atoms with Gasteiger partial charge in [0.25, 0.3) is 0 Å². The summed E-state index contributed by atoms with van der Waals surface area (Å²) in [7, 11) is 0. The number of unbranched alkanes of at least 4 members (excludes halogenated alkanes) is 6. The normalized spacial score (nSPS) is 11.2. The van der Waals surface area contributed by atoms with Crippen LogP contribution in [0.4, 0.5) is 0 Å². The lowest BCUT2D eigenvalue weighted by Gasteiger charge is -2.17. The summed E-state index contributed by atoms with van der Waals surface area (Å²) < 4.78 is 38.8. The molecule has 1 atom stereocenters. The molecule has 1 aromatic heterocycles. The highest BCUT2D eigenvalue weighted by Gasteiger charge is 2.17. The van der Waals surface area contributed by atoms with Gasteiger partial charge in [0, 0.05) is 29.7 Å². The molecule has 0 fully saturated rings. The van der Waals surface area contributed by atoms with Gasteiger partial charge in [-0.1, -0.05) is 13.2 Å². The summed E-state index contributed by atoms with van der Waals surface area (Å²) in [6.07, 6.45) is 9.95. The minimum atomic E-state index is -1.26. The van der Waals surface area contributed by atoms with E-state index < -0.39 is 24.2 Å². The molecule has 0 saturated carbocycles. The van der Waals surface area contributed by atoms with Crippen molar-refractivity contribution in [3.05, 3.63) is 133 Å². The van der Waals surface area contributed by atoms with Crippen LogP contribution in [-0.2, 0) is 25.5 Å². The lowest BCUT2D eigenvalue weighted by atomic mass is 10.1. The van der Waals surface area contributed by atoms with Gasteiger partial charge in [0.1, 0.15) is 28.8 Å². The smallest absolute Gasteiger partial charge is 0.343 e. The summed E-state index contributed by atoms with van der Waals surface area (Å²) in [5.41, 5.74) is 1.52. The molecule has 4 rings (SSSR count). The Balaban J connectivity index is 1.25. The second-order valence-electron chi connectivity index (χ2n) is 12.2. The predicted molar refractivity (Wildman–Crippen MR) is 202 cm³/mol. The largest absolute Gasteiger partial charge is 0.494 e. The summed E-state index contributed by atoms with van der Waals surface area (Å²) >= 11 is 0. The lowest BCUT2D eigenvalue weighted by Crippen LogP contribution is -2.11. The number of carbonyl (C=O) groups is 3. The number of ether oxygens (including phenoxy) is 6. The molecule has 0 aliphatic heterocycles. The summed E-state index contributed by atoms with van der Waals surface area (Å²) in [6.45, 7) is 8.58. The van der Waals surface area contributed by atoms with E-state index in [1.807, 2.05) is 6.07 Å². The second-order valence-corrected chi connectivity index (χ2v) is 12.2. The lowest BCUT2D eigenvalue weighted by molar-refractivity contribution is -0.138. The number of aliphatic hydroxyl groups excluding tert-OH is 1. The van der Waals surface area contributed by atoms with Crippen LogP contribution in [0, 0.1) is 0 Å². The van der Waals surface area contributed by atoms with Crippen molar-refractivity contribution in [2.24, 2.45) is 0 Å². The van der Waals surface area contributed by atoms with Crippen LogP contribution in [0.15, 0.2) is 115 Å². The first kappa shape index (κ1) is 41.0. The van der Waals surface area contributed by atoms with Gasteiger partial charge in [-0.15, -0.1) is 0 Å². The van der Waals surface area contributed by atoms with Crippen molar-refractivity contribution in [2.75, 3.05) is 26.4 Å². The average molecular weight is 741 g/mol. The molecule has 0 aliphatic carbocycles. The van der Waals surface area contributed by atoms with Gasteiger partial charge in [-0.2, -0.15) is 0 Å². The van der Waals surface area contributed by atoms with Gasteiger partial charge in [0.15, 0.2) is 0 Å². The number of carbonyl (C=O) groups excluding carboxylic acids is 3. The minimum Gasteiger partial charge on any atom is -0.494 e. The fourth-order valence-electron chi connectivity index (χ4n) is 5.20. The van der Waals surface area contributed by atoms with Crippen LogP contribution >= 0.6 is 0 Å². The van der Waals surface area contributed by atoms with E-state index >= 15 is 0 Å². The van der Waals surface area contributed by atoms with Crippen molar-refractivity contribution in [1.29, 1.82) is 0 Å². The molecule has 0 amide bonds. The van der Waals surface area contributed by atoms with Crippen molar-refractivity contribution in [3.8, 4) is 23.0 Å². The van der Waals surface area contributed by atoms with Crippen molar-refractivity contribution < 1.29 is 52.3 Å². The molecule has 0 bridgehead atoms. The molecule has 1 N–H and O–H groups in total. The molecule has 0 aliphatic rings. The number of aliphatic hydroxyl groups is 1. The fourth-order valence-corrected chi connectivity index (χ4v) is 5.20. The molecule has 1 heterocycles. The molecule has 1 unspecified atom stereocenters. The van der Waals surface area contributed by atoms with Crippen LogP contribution in [0.25, 0.3) is 0 Å². The Hall–Kier alpha value is -5.81. The number of hydrogen-bond donors (Lipinski definition) is 1. The van der Waals surface area contributed by atoms with E-state index in [1.165, 1.54) is 0 Å². The molecular formula is C43H48O11. The Morgan fingerprint density at radius 1 is 0.667 bits per heavy atom. The van der Waals surface area contributed by atoms with E-state index in [0.717, 1.165) is 63.5 Å². The second kappa shape index (κ2) is 23.0. The molecule has 11 nitrogen and oxygen atoms in total. The molecule has 0 saturated heterocycles. The first-order valence-electron chi connectivity index (χ1n) is 18.1. The number of furan rings is 1. The molecule has 0 spiro atoms. The van der Waals surface area contributed by atoms with Gasteiger partial charge >= 0.3 is 17.9 Å². The van der Waals surface area contributed by atoms with Crippen LogP contribution < -0.4 is 18.9 Å². The van der Waals surface area contributed by atoms with Crippen LogP contribution in [0.5, 0.6) is 23.0 Å². The van der Waals surface area contributed by atoms with Crippen LogP contribution in [0.3, 0.4) is 0 Å². The highest BCUT2D eigenvalue weighted by molar-refractivity contribution is 5.91. The highest BCUT2D eigenvalue weighted by atomic mass is 16.6. The number of rotatable bonds is 25. The van der Waals surface area contributed by atoms with Crippen molar-refractivity contribution in [2.45, 2.75) is 64.1 Å². The Morgan fingerprint density at radius 3 is 1.74 bits per heavy atom. The quantitative estimate of drug-likeness (QED) is 0.0230. The monoisotopic (exact) mass is 740 g/mol. The Labute approximate surface area is 316 Å². The van der Waals surface area contributed by atoms with Crippen molar-refractivity contribution in [1.82, 2.24) is 0 Å². The summed E-state index contributed by atoms with van der Waals surface area (Å²) in [5.74, 6) is 1.33. The number of benzene rings is 3. The topological polar surface area (TPSA) is 140 Å². The first-order chi connectivity index (χ1) is 26.3. The van der Waals surface area contributed by atoms with Crippen LogP contribution in [0.1, 0.15) is 84.9 Å². The maximum Gasteiger partial charge on any atom is 0.343 e. The maximum absolute atomic E-state index is 13.1. The van der Waals surface area contributed by atoms with Gasteiger partial charge in [0.2, 0.25) is 6.29 Å². The maximum atomic E-state index is 13.1. The molecule has 11 heteroatoms. The van der Waals surface area contributed by atoms with Gasteiger partial charge < -0.3 is 37.9 Å². The predicted octanol–water partition coefficient (Wildman–Crippen LogP) is 8.50. The zero-order valence-corrected chi connectivity index (χ0v) is 30.5. The van der Waals surface area contributed by atoms with Gasteiger partial charge in [-0.25, -0.2) is 14.4 Å². The van der Waals surface area contributed by atoms with Gasteiger partial charge in [0.05, 0.1) is 38.3 Å². The summed E-state index contributed by atoms with van der Waals surface area (Å²) in [5, 5.41) is 10.9. The first-order valence-corrected chi connectivity index (χ1v) is 18.1. The fraction of sp³-hybridized carbons (Fsp3) is 0.326. The Bertz CT molecular complexity index is 1750. The molecule has 286 valence electrons. The summed E-state index contributed by atoms with van der Waals surface area (Å²) in [4.78, 5) is 35.3. The van der Waals surface area contributed by atoms with Crippen molar-refractivity contribution >= 4 is 17.9 Å². The highest BCUT2D eigenvalue weighted by Crippen LogP contribution is 2.30. The van der Waals surface area contributed by atoms with E-state index in [9.17, 15) is 19.5 Å². The third kappa shape index (κ3) is 14.7. The van der Waals surface area contributed by atoms with Gasteiger partial charge in [-0.05, 0) is 130 Å². The number of esters is 3. The van der Waals surface area contributed by atoms with Crippen LogP contribution in [-0.4, -0.2) is 49.4 Å². The molecular weight excluding hydrogens is 692 g/mol. The van der Waals surface area contributed by atoms with E-state index in [2.05, 4.69) is 13.2 Å². The SMILES string of the molecule is C=CC(=O)OCCCCCCOc1ccc(C(=O)Oc2ccc(OC(O)c3ccc(OCCCCCCOC(=O)C=C)cc3)cc2Cc2ccco2)cc1.